The third-order valence-electron chi connectivity index (χ3n) is 6.29. The predicted molar refractivity (Wildman–Crippen MR) is 119 cm³/mol. The van der Waals surface area contributed by atoms with E-state index in [2.05, 4.69) is 40.1 Å². The number of nitrogens with zero attached hydrogens (tertiary/aromatic N) is 4. The molecule has 1 saturated heterocycles. The number of hydrogen-bond donors (Lipinski definition) is 0. The van der Waals surface area contributed by atoms with Crippen molar-refractivity contribution in [2.24, 2.45) is 13.0 Å². The largest absolute Gasteiger partial charge is 0.497 e. The molecule has 1 aromatic carbocycles. The second-order valence-corrected chi connectivity index (χ2v) is 8.40. The molecule has 3 aromatic rings. The van der Waals surface area contributed by atoms with Gasteiger partial charge in [0.1, 0.15) is 11.5 Å². The molecule has 30 heavy (non-hydrogen) atoms. The van der Waals surface area contributed by atoms with Crippen LogP contribution in [0.15, 0.2) is 30.5 Å². The van der Waals surface area contributed by atoms with Crippen LogP contribution in [0.5, 0.6) is 11.5 Å². The first kappa shape index (κ1) is 20.7. The highest BCUT2D eigenvalue weighted by Gasteiger charge is 2.20. The molecule has 0 saturated carbocycles. The molecule has 1 aliphatic rings. The Morgan fingerprint density at radius 3 is 2.37 bits per heavy atom. The van der Waals surface area contributed by atoms with Gasteiger partial charge in [-0.15, -0.1) is 0 Å². The van der Waals surface area contributed by atoms with Crippen molar-refractivity contribution in [2.75, 3.05) is 27.3 Å². The minimum atomic E-state index is 0.777. The number of likely N-dealkylation sites (tertiary alicyclic amines) is 1. The number of benzene rings is 1. The predicted octanol–water partition coefficient (Wildman–Crippen LogP) is 4.14. The van der Waals surface area contributed by atoms with Crippen LogP contribution in [0.3, 0.4) is 0 Å². The van der Waals surface area contributed by atoms with Crippen molar-refractivity contribution in [3.8, 4) is 11.5 Å². The van der Waals surface area contributed by atoms with Gasteiger partial charge in [-0.2, -0.15) is 5.10 Å². The fourth-order valence-corrected chi connectivity index (χ4v) is 4.51. The lowest BCUT2D eigenvalue weighted by Gasteiger charge is -2.32. The van der Waals surface area contributed by atoms with Crippen LogP contribution in [0.4, 0.5) is 0 Å². The maximum Gasteiger partial charge on any atom is 0.157 e. The van der Waals surface area contributed by atoms with E-state index >= 15 is 0 Å². The summed E-state index contributed by atoms with van der Waals surface area (Å²) in [6.07, 6.45) is 6.79. The first-order valence-electron chi connectivity index (χ1n) is 10.8. The Morgan fingerprint density at radius 2 is 1.70 bits per heavy atom. The van der Waals surface area contributed by atoms with Crippen LogP contribution in [0, 0.1) is 12.8 Å². The first-order chi connectivity index (χ1) is 14.6. The smallest absolute Gasteiger partial charge is 0.157 e. The van der Waals surface area contributed by atoms with Crippen molar-refractivity contribution in [1.82, 2.24) is 19.7 Å². The van der Waals surface area contributed by atoms with E-state index in [0.717, 1.165) is 54.8 Å². The van der Waals surface area contributed by atoms with Crippen LogP contribution in [-0.2, 0) is 20.0 Å². The summed E-state index contributed by atoms with van der Waals surface area (Å²) in [5, 5.41) is 5.65. The second-order valence-electron chi connectivity index (χ2n) is 8.40. The van der Waals surface area contributed by atoms with Gasteiger partial charge in [0.25, 0.3) is 0 Å². The Bertz CT molecular complexity index is 984. The molecule has 6 nitrogen and oxygen atoms in total. The summed E-state index contributed by atoms with van der Waals surface area (Å²) < 4.78 is 12.7. The number of methoxy groups -OCH3 is 2. The number of fused-ring (bicyclic) bond motifs is 1. The molecular formula is C24H32N4O2. The van der Waals surface area contributed by atoms with Gasteiger partial charge in [0.15, 0.2) is 5.65 Å². The molecule has 6 heteroatoms. The van der Waals surface area contributed by atoms with Crippen molar-refractivity contribution in [2.45, 2.75) is 39.2 Å². The van der Waals surface area contributed by atoms with E-state index in [1.165, 1.54) is 35.8 Å². The zero-order valence-electron chi connectivity index (χ0n) is 18.5. The van der Waals surface area contributed by atoms with Crippen LogP contribution in [0.25, 0.3) is 11.0 Å². The van der Waals surface area contributed by atoms with Crippen molar-refractivity contribution in [1.29, 1.82) is 0 Å². The van der Waals surface area contributed by atoms with Gasteiger partial charge in [-0.1, -0.05) is 0 Å². The van der Waals surface area contributed by atoms with E-state index in [9.17, 15) is 0 Å². The summed E-state index contributed by atoms with van der Waals surface area (Å²) in [5.41, 5.74) is 4.58. The molecule has 160 valence electrons. The Morgan fingerprint density at radius 1 is 1.00 bits per heavy atom. The average molecular weight is 409 g/mol. The number of piperidine rings is 1. The van der Waals surface area contributed by atoms with Gasteiger partial charge in [-0.25, -0.2) is 4.98 Å². The summed E-state index contributed by atoms with van der Waals surface area (Å²) >= 11 is 0. The monoisotopic (exact) mass is 408 g/mol. The Hall–Kier alpha value is -2.60. The summed E-state index contributed by atoms with van der Waals surface area (Å²) in [6, 6.07) is 8.44. The van der Waals surface area contributed by atoms with Gasteiger partial charge >= 0.3 is 0 Å². The quantitative estimate of drug-likeness (QED) is 0.588. The lowest BCUT2D eigenvalue weighted by Crippen LogP contribution is -2.33. The Kier molecular flexibility index (Phi) is 6.23. The molecule has 0 bridgehead atoms. The lowest BCUT2D eigenvalue weighted by atomic mass is 9.90. The van der Waals surface area contributed by atoms with E-state index in [-0.39, 0.29) is 0 Å². The van der Waals surface area contributed by atoms with Crippen LogP contribution in [0.1, 0.15) is 36.1 Å². The number of aromatic nitrogens is 3. The number of pyridine rings is 1. The van der Waals surface area contributed by atoms with Gasteiger partial charge < -0.3 is 9.47 Å². The highest BCUT2D eigenvalue weighted by molar-refractivity contribution is 5.78. The second kappa shape index (κ2) is 9.04. The minimum absolute atomic E-state index is 0.777. The van der Waals surface area contributed by atoms with E-state index in [4.69, 9.17) is 9.47 Å². The lowest BCUT2D eigenvalue weighted by molar-refractivity contribution is 0.172. The Labute approximate surface area is 178 Å². The average Bonchev–Trinajstić information content (AvgIpc) is 3.06. The molecule has 2 aromatic heterocycles. The summed E-state index contributed by atoms with van der Waals surface area (Å²) in [6.45, 7) is 5.32. The van der Waals surface area contributed by atoms with Gasteiger partial charge in [0, 0.05) is 31.2 Å². The zero-order chi connectivity index (χ0) is 21.1. The van der Waals surface area contributed by atoms with Gasteiger partial charge in [-0.3, -0.25) is 9.58 Å². The van der Waals surface area contributed by atoms with Gasteiger partial charge in [0.05, 0.1) is 19.9 Å². The molecular weight excluding hydrogens is 376 g/mol. The standard InChI is InChI=1S/C24H32N4O2/c1-17-23-13-20(15-25-24(23)27(2)26-17)16-28-9-7-18(8-10-28)5-6-19-11-21(29-3)14-22(12-19)30-4/h11-15,18H,5-10,16H2,1-4H3. The molecule has 1 aliphatic heterocycles. The van der Waals surface area contributed by atoms with Gasteiger partial charge in [-0.05, 0) is 80.9 Å². The molecule has 0 radical (unpaired) electrons. The number of hydrogen-bond acceptors (Lipinski definition) is 5. The fourth-order valence-electron chi connectivity index (χ4n) is 4.51. The topological polar surface area (TPSA) is 52.4 Å². The molecule has 0 unspecified atom stereocenters. The molecule has 3 heterocycles. The first-order valence-corrected chi connectivity index (χ1v) is 10.8. The number of rotatable bonds is 7. The minimum Gasteiger partial charge on any atom is -0.497 e. The highest BCUT2D eigenvalue weighted by atomic mass is 16.5. The van der Waals surface area contributed by atoms with Crippen LogP contribution >= 0.6 is 0 Å². The van der Waals surface area contributed by atoms with Crippen LogP contribution in [-0.4, -0.2) is 47.0 Å². The van der Waals surface area contributed by atoms with E-state index in [0.29, 0.717) is 0 Å². The maximum absolute atomic E-state index is 5.40. The molecule has 0 N–H and O–H groups in total. The van der Waals surface area contributed by atoms with Crippen LogP contribution < -0.4 is 9.47 Å². The highest BCUT2D eigenvalue weighted by Crippen LogP contribution is 2.27. The van der Waals surface area contributed by atoms with E-state index in [1.54, 1.807) is 14.2 Å². The van der Waals surface area contributed by atoms with Crippen molar-refractivity contribution >= 4 is 11.0 Å². The molecule has 0 atom stereocenters. The van der Waals surface area contributed by atoms with Crippen molar-refractivity contribution < 1.29 is 9.47 Å². The number of aryl methyl sites for hydroxylation is 3. The van der Waals surface area contributed by atoms with Crippen LogP contribution in [0.2, 0.25) is 0 Å². The molecule has 1 fully saturated rings. The summed E-state index contributed by atoms with van der Waals surface area (Å²) in [7, 11) is 5.36. The fraction of sp³-hybridized carbons (Fsp3) is 0.500. The number of ether oxygens (including phenoxy) is 2. The molecule has 0 amide bonds. The van der Waals surface area contributed by atoms with Crippen molar-refractivity contribution in [3.63, 3.8) is 0 Å². The zero-order valence-corrected chi connectivity index (χ0v) is 18.5. The van der Waals surface area contributed by atoms with Gasteiger partial charge in [0.2, 0.25) is 0 Å². The Balaban J connectivity index is 1.29. The van der Waals surface area contributed by atoms with E-state index in [1.807, 2.05) is 24.0 Å². The molecule has 4 rings (SSSR count). The SMILES string of the molecule is COc1cc(CCC2CCN(Cc3cnc4c(c3)c(C)nn4C)CC2)cc(OC)c1. The van der Waals surface area contributed by atoms with Crippen molar-refractivity contribution in [3.05, 3.63) is 47.3 Å². The molecule has 0 spiro atoms. The summed E-state index contributed by atoms with van der Waals surface area (Å²) in [5.74, 6) is 2.52. The third kappa shape index (κ3) is 4.59. The maximum atomic E-state index is 5.40. The molecule has 0 aliphatic carbocycles. The van der Waals surface area contributed by atoms with E-state index < -0.39 is 0 Å². The normalized spacial score (nSPS) is 15.6. The summed E-state index contributed by atoms with van der Waals surface area (Å²) in [4.78, 5) is 7.18. The third-order valence-corrected chi connectivity index (χ3v) is 6.29.